The van der Waals surface area contributed by atoms with Crippen molar-refractivity contribution in [2.24, 2.45) is 5.73 Å². The molecule has 0 amide bonds. The summed E-state index contributed by atoms with van der Waals surface area (Å²) in [6.07, 6.45) is 0.741. The van der Waals surface area contributed by atoms with Crippen molar-refractivity contribution >= 4 is 11.3 Å². The summed E-state index contributed by atoms with van der Waals surface area (Å²) in [6.45, 7) is 4.78. The highest BCUT2D eigenvalue weighted by Crippen LogP contribution is 2.26. The molecule has 0 spiro atoms. The number of nitrogens with zero attached hydrogens (tertiary/aromatic N) is 1. The number of hydrogen-bond acceptors (Lipinski definition) is 3. The third kappa shape index (κ3) is 2.94. The standard InChI is InChI=1S/C14H17FN2S/c1-9(2)14-12(8-16)18-13(17-14)7-10-3-5-11(15)6-4-10/h3-6,9H,7-8,16H2,1-2H3. The van der Waals surface area contributed by atoms with Crippen LogP contribution in [0.4, 0.5) is 4.39 Å². The van der Waals surface area contributed by atoms with Gasteiger partial charge >= 0.3 is 0 Å². The minimum absolute atomic E-state index is 0.205. The molecule has 1 aromatic carbocycles. The van der Waals surface area contributed by atoms with Crippen molar-refractivity contribution in [1.29, 1.82) is 0 Å². The lowest BCUT2D eigenvalue weighted by Crippen LogP contribution is -1.99. The molecule has 18 heavy (non-hydrogen) atoms. The van der Waals surface area contributed by atoms with Crippen molar-refractivity contribution in [1.82, 2.24) is 4.98 Å². The molecule has 2 nitrogen and oxygen atoms in total. The van der Waals surface area contributed by atoms with Gasteiger partial charge in [-0.15, -0.1) is 11.3 Å². The van der Waals surface area contributed by atoms with Crippen LogP contribution in [-0.2, 0) is 13.0 Å². The van der Waals surface area contributed by atoms with Gasteiger partial charge < -0.3 is 5.73 Å². The molecular formula is C14H17FN2S. The van der Waals surface area contributed by atoms with E-state index < -0.39 is 0 Å². The van der Waals surface area contributed by atoms with Crippen LogP contribution in [0.15, 0.2) is 24.3 Å². The number of hydrogen-bond donors (Lipinski definition) is 1. The summed E-state index contributed by atoms with van der Waals surface area (Å²) < 4.78 is 12.8. The monoisotopic (exact) mass is 264 g/mol. The van der Waals surface area contributed by atoms with Crippen LogP contribution in [0, 0.1) is 5.82 Å². The molecule has 2 aromatic rings. The smallest absolute Gasteiger partial charge is 0.123 e. The highest BCUT2D eigenvalue weighted by molar-refractivity contribution is 7.11. The average Bonchev–Trinajstić information content (AvgIpc) is 2.75. The highest BCUT2D eigenvalue weighted by Gasteiger charge is 2.13. The van der Waals surface area contributed by atoms with E-state index in [4.69, 9.17) is 5.73 Å². The summed E-state index contributed by atoms with van der Waals surface area (Å²) in [6, 6.07) is 6.56. The molecule has 0 aliphatic heterocycles. The lowest BCUT2D eigenvalue weighted by Gasteiger charge is -2.01. The second-order valence-corrected chi connectivity index (χ2v) is 5.75. The van der Waals surface area contributed by atoms with Crippen molar-refractivity contribution in [2.75, 3.05) is 0 Å². The van der Waals surface area contributed by atoms with E-state index in [0.29, 0.717) is 12.5 Å². The Hall–Kier alpha value is -1.26. The van der Waals surface area contributed by atoms with E-state index in [2.05, 4.69) is 18.8 Å². The molecule has 2 N–H and O–H groups in total. The van der Waals surface area contributed by atoms with E-state index in [1.54, 1.807) is 23.5 Å². The second-order valence-electron chi connectivity index (χ2n) is 4.58. The Morgan fingerprint density at radius 2 is 1.94 bits per heavy atom. The molecule has 0 aliphatic rings. The normalized spacial score (nSPS) is 11.2. The number of halogens is 1. The van der Waals surface area contributed by atoms with E-state index in [1.807, 2.05) is 0 Å². The predicted octanol–water partition coefficient (Wildman–Crippen LogP) is 3.46. The summed E-state index contributed by atoms with van der Waals surface area (Å²) in [5.74, 6) is 0.185. The molecule has 1 aromatic heterocycles. The Morgan fingerprint density at radius 1 is 1.28 bits per heavy atom. The fraction of sp³-hybridized carbons (Fsp3) is 0.357. The summed E-state index contributed by atoms with van der Waals surface area (Å²) >= 11 is 1.66. The van der Waals surface area contributed by atoms with Crippen LogP contribution in [0.5, 0.6) is 0 Å². The fourth-order valence-corrected chi connectivity index (χ4v) is 3.00. The van der Waals surface area contributed by atoms with Crippen molar-refractivity contribution in [3.05, 3.63) is 51.2 Å². The van der Waals surface area contributed by atoms with Crippen molar-refractivity contribution in [3.63, 3.8) is 0 Å². The molecule has 0 saturated heterocycles. The predicted molar refractivity (Wildman–Crippen MR) is 73.3 cm³/mol. The SMILES string of the molecule is CC(C)c1nc(Cc2ccc(F)cc2)sc1CN. The minimum Gasteiger partial charge on any atom is -0.326 e. The summed E-state index contributed by atoms with van der Waals surface area (Å²) in [7, 11) is 0. The molecule has 2 rings (SSSR count). The largest absolute Gasteiger partial charge is 0.326 e. The summed E-state index contributed by atoms with van der Waals surface area (Å²) in [5, 5.41) is 1.05. The van der Waals surface area contributed by atoms with Gasteiger partial charge in [0.25, 0.3) is 0 Å². The molecule has 0 atom stereocenters. The van der Waals surface area contributed by atoms with Crippen molar-refractivity contribution in [2.45, 2.75) is 32.7 Å². The van der Waals surface area contributed by atoms with Gasteiger partial charge in [0.05, 0.1) is 10.7 Å². The lowest BCUT2D eigenvalue weighted by molar-refractivity contribution is 0.627. The zero-order valence-corrected chi connectivity index (χ0v) is 11.4. The fourth-order valence-electron chi connectivity index (χ4n) is 1.86. The first kappa shape index (κ1) is 13.2. The summed E-state index contributed by atoms with van der Waals surface area (Å²) in [5.41, 5.74) is 7.91. The van der Waals surface area contributed by atoms with E-state index in [1.165, 1.54) is 12.1 Å². The first-order valence-corrected chi connectivity index (χ1v) is 6.84. The van der Waals surface area contributed by atoms with Gasteiger partial charge in [0.1, 0.15) is 5.82 Å². The number of benzene rings is 1. The molecule has 0 saturated carbocycles. The Balaban J connectivity index is 2.21. The van der Waals surface area contributed by atoms with Gasteiger partial charge in [-0.2, -0.15) is 0 Å². The van der Waals surface area contributed by atoms with Gasteiger partial charge in [-0.3, -0.25) is 0 Å². The molecule has 0 bridgehead atoms. The van der Waals surface area contributed by atoms with Gasteiger partial charge in [0.15, 0.2) is 0 Å². The molecule has 0 unspecified atom stereocenters. The first-order valence-electron chi connectivity index (χ1n) is 6.03. The van der Waals surface area contributed by atoms with Crippen LogP contribution in [-0.4, -0.2) is 4.98 Å². The van der Waals surface area contributed by atoms with Gasteiger partial charge in [-0.1, -0.05) is 26.0 Å². The van der Waals surface area contributed by atoms with E-state index in [-0.39, 0.29) is 5.82 Å². The first-order chi connectivity index (χ1) is 8.60. The molecular weight excluding hydrogens is 247 g/mol. The van der Waals surface area contributed by atoms with E-state index >= 15 is 0 Å². The maximum Gasteiger partial charge on any atom is 0.123 e. The second kappa shape index (κ2) is 5.59. The zero-order chi connectivity index (χ0) is 13.1. The highest BCUT2D eigenvalue weighted by atomic mass is 32.1. The van der Waals surface area contributed by atoms with Crippen LogP contribution >= 0.6 is 11.3 Å². The van der Waals surface area contributed by atoms with Crippen LogP contribution in [0.25, 0.3) is 0 Å². The van der Waals surface area contributed by atoms with Crippen molar-refractivity contribution < 1.29 is 4.39 Å². The Kier molecular flexibility index (Phi) is 4.09. The third-order valence-electron chi connectivity index (χ3n) is 2.77. The quantitative estimate of drug-likeness (QED) is 0.918. The van der Waals surface area contributed by atoms with Gasteiger partial charge in [-0.25, -0.2) is 9.37 Å². The molecule has 1 heterocycles. The molecule has 0 fully saturated rings. The topological polar surface area (TPSA) is 38.9 Å². The van der Waals surface area contributed by atoms with Gasteiger partial charge in [0.2, 0.25) is 0 Å². The number of thiazole rings is 1. The van der Waals surface area contributed by atoms with E-state index in [0.717, 1.165) is 27.6 Å². The maximum atomic E-state index is 12.8. The van der Waals surface area contributed by atoms with Crippen LogP contribution in [0.3, 0.4) is 0 Å². The number of rotatable bonds is 4. The average molecular weight is 264 g/mol. The third-order valence-corrected chi connectivity index (χ3v) is 3.87. The Morgan fingerprint density at radius 3 is 2.44 bits per heavy atom. The summed E-state index contributed by atoms with van der Waals surface area (Å²) in [4.78, 5) is 5.80. The number of aromatic nitrogens is 1. The van der Waals surface area contributed by atoms with Crippen molar-refractivity contribution in [3.8, 4) is 0 Å². The van der Waals surface area contributed by atoms with Crippen LogP contribution in [0.1, 0.15) is 40.9 Å². The molecule has 0 aliphatic carbocycles. The Bertz CT molecular complexity index is 517. The maximum absolute atomic E-state index is 12.8. The van der Waals surface area contributed by atoms with E-state index in [9.17, 15) is 4.39 Å². The molecule has 96 valence electrons. The van der Waals surface area contributed by atoms with Gasteiger partial charge in [-0.05, 0) is 23.6 Å². The Labute approximate surface area is 111 Å². The zero-order valence-electron chi connectivity index (χ0n) is 10.6. The minimum atomic E-state index is -0.205. The van der Waals surface area contributed by atoms with Gasteiger partial charge in [0, 0.05) is 17.8 Å². The van der Waals surface area contributed by atoms with Crippen LogP contribution < -0.4 is 5.73 Å². The number of nitrogens with two attached hydrogens (primary N) is 1. The molecule has 0 radical (unpaired) electrons. The van der Waals surface area contributed by atoms with Crippen LogP contribution in [0.2, 0.25) is 0 Å². The lowest BCUT2D eigenvalue weighted by atomic mass is 10.1. The molecule has 4 heteroatoms.